The van der Waals surface area contributed by atoms with Gasteiger partial charge in [-0.25, -0.2) is 0 Å². The zero-order valence-corrected chi connectivity index (χ0v) is 25.8. The van der Waals surface area contributed by atoms with Crippen molar-refractivity contribution in [2.24, 2.45) is 0 Å². The highest BCUT2D eigenvalue weighted by molar-refractivity contribution is 6.00. The highest BCUT2D eigenvalue weighted by Gasteiger charge is 2.43. The zero-order chi connectivity index (χ0) is 30.8. The van der Waals surface area contributed by atoms with E-state index in [1.165, 1.54) is 38.7 Å². The van der Waals surface area contributed by atoms with Gasteiger partial charge in [0.25, 0.3) is 0 Å². The first kappa shape index (κ1) is 26.6. The van der Waals surface area contributed by atoms with Crippen LogP contribution >= 0.6 is 0 Å². The summed E-state index contributed by atoms with van der Waals surface area (Å²) in [6.45, 7) is 4.70. The Hall–Kier alpha value is -5.80. The Morgan fingerprint density at radius 2 is 1.22 bits per heavy atom. The lowest BCUT2D eigenvalue weighted by Crippen LogP contribution is -2.33. The normalized spacial score (nSPS) is 13.7. The van der Waals surface area contributed by atoms with Crippen LogP contribution in [0, 0.1) is 0 Å². The van der Waals surface area contributed by atoms with Crippen LogP contribution < -0.4 is 14.5 Å². The SMILES string of the molecule is CC1(C)c2ccccc2N2c3cccc(N(c4ccccc4)c4ccccc4)c3Oc3ccc(-c4ccc5ccccc5c4)c1c32. The van der Waals surface area contributed by atoms with E-state index in [2.05, 4.69) is 181 Å². The molecule has 0 radical (unpaired) electrons. The summed E-state index contributed by atoms with van der Waals surface area (Å²) in [6.07, 6.45) is 0. The first-order chi connectivity index (χ1) is 22.6. The fourth-order valence-corrected chi connectivity index (χ4v) is 7.47. The molecule has 3 heteroatoms. The monoisotopic (exact) mass is 592 g/mol. The van der Waals surface area contributed by atoms with Gasteiger partial charge >= 0.3 is 0 Å². The van der Waals surface area contributed by atoms with Gasteiger partial charge in [-0.05, 0) is 87.6 Å². The van der Waals surface area contributed by atoms with Crippen molar-refractivity contribution < 1.29 is 4.74 Å². The molecule has 0 saturated heterocycles. The van der Waals surface area contributed by atoms with Crippen molar-refractivity contribution in [2.75, 3.05) is 9.80 Å². The fourth-order valence-electron chi connectivity index (χ4n) is 7.47. The number of benzene rings is 7. The summed E-state index contributed by atoms with van der Waals surface area (Å²) in [5.74, 6) is 1.70. The molecular weight excluding hydrogens is 560 g/mol. The standard InChI is InChI=1S/C43H32N2O/c1-43(2)35-20-11-12-21-36(35)45-38-23-13-22-37(44(32-16-5-3-6-17-32)33-18-7-4-8-19-33)42(38)46-39-27-26-34(40(43)41(39)45)31-25-24-29-14-9-10-15-30(29)28-31/h3-28H,1-2H3. The lowest BCUT2D eigenvalue weighted by Gasteiger charge is -2.46. The first-order valence-electron chi connectivity index (χ1n) is 15.9. The predicted molar refractivity (Wildman–Crippen MR) is 191 cm³/mol. The largest absolute Gasteiger partial charge is 0.451 e. The van der Waals surface area contributed by atoms with Crippen molar-refractivity contribution in [3.05, 3.63) is 169 Å². The second kappa shape index (κ2) is 10.1. The van der Waals surface area contributed by atoms with Crippen molar-refractivity contribution in [3.8, 4) is 22.6 Å². The minimum Gasteiger partial charge on any atom is -0.451 e. The third-order valence-electron chi connectivity index (χ3n) is 9.56. The number of nitrogens with zero attached hydrogens (tertiary/aromatic N) is 2. The lowest BCUT2D eigenvalue weighted by molar-refractivity contribution is 0.472. The molecule has 0 bridgehead atoms. The summed E-state index contributed by atoms with van der Waals surface area (Å²) in [7, 11) is 0. The molecule has 0 atom stereocenters. The van der Waals surface area contributed by atoms with Crippen LogP contribution in [0.5, 0.6) is 11.5 Å². The highest BCUT2D eigenvalue weighted by atomic mass is 16.5. The Bertz CT molecular complexity index is 2230. The van der Waals surface area contributed by atoms with Gasteiger partial charge in [-0.3, -0.25) is 0 Å². The van der Waals surface area contributed by atoms with E-state index in [1.807, 2.05) is 0 Å². The molecule has 7 aromatic rings. The van der Waals surface area contributed by atoms with E-state index in [0.29, 0.717) is 0 Å². The number of anilines is 6. The second-order valence-electron chi connectivity index (χ2n) is 12.6. The number of fused-ring (bicyclic) bond motifs is 5. The Morgan fingerprint density at radius 3 is 1.98 bits per heavy atom. The summed E-state index contributed by atoms with van der Waals surface area (Å²) in [4.78, 5) is 4.72. The van der Waals surface area contributed by atoms with Crippen molar-refractivity contribution in [3.63, 3.8) is 0 Å². The molecule has 220 valence electrons. The van der Waals surface area contributed by atoms with Crippen LogP contribution in [0.3, 0.4) is 0 Å². The van der Waals surface area contributed by atoms with E-state index in [9.17, 15) is 0 Å². The molecule has 0 saturated carbocycles. The maximum absolute atomic E-state index is 7.07. The number of hydrogen-bond acceptors (Lipinski definition) is 3. The van der Waals surface area contributed by atoms with Crippen molar-refractivity contribution >= 4 is 44.9 Å². The molecule has 0 aliphatic carbocycles. The van der Waals surface area contributed by atoms with Gasteiger partial charge in [0.15, 0.2) is 11.5 Å². The van der Waals surface area contributed by atoms with E-state index in [0.717, 1.165) is 39.9 Å². The Labute approximate surface area is 269 Å². The molecule has 7 aromatic carbocycles. The van der Waals surface area contributed by atoms with Gasteiger partial charge in [0.1, 0.15) is 0 Å². The summed E-state index contributed by atoms with van der Waals surface area (Å²) in [6, 6.07) is 56.2. The smallest absolute Gasteiger partial charge is 0.175 e. The molecule has 0 N–H and O–H groups in total. The summed E-state index contributed by atoms with van der Waals surface area (Å²) in [5.41, 5.74) is 11.2. The first-order valence-corrected chi connectivity index (χ1v) is 15.9. The van der Waals surface area contributed by atoms with Gasteiger partial charge in [0.2, 0.25) is 0 Å². The van der Waals surface area contributed by atoms with E-state index < -0.39 is 0 Å². The predicted octanol–water partition coefficient (Wildman–Crippen LogP) is 12.2. The van der Waals surface area contributed by atoms with Crippen LogP contribution in [0.1, 0.15) is 25.0 Å². The molecule has 2 aliphatic rings. The summed E-state index contributed by atoms with van der Waals surface area (Å²) < 4.78 is 7.07. The van der Waals surface area contributed by atoms with Crippen molar-refractivity contribution in [1.29, 1.82) is 0 Å². The quantitative estimate of drug-likeness (QED) is 0.202. The Balaban J connectivity index is 1.31. The minimum absolute atomic E-state index is 0.266. The number of hydrogen-bond donors (Lipinski definition) is 0. The topological polar surface area (TPSA) is 15.7 Å². The van der Waals surface area contributed by atoms with Gasteiger partial charge in [-0.1, -0.05) is 117 Å². The second-order valence-corrected chi connectivity index (χ2v) is 12.6. The summed E-state index contributed by atoms with van der Waals surface area (Å²) in [5, 5.41) is 2.49. The fraction of sp³-hybridized carbons (Fsp3) is 0.0698. The minimum atomic E-state index is -0.266. The lowest BCUT2D eigenvalue weighted by atomic mass is 9.70. The molecule has 2 aliphatic heterocycles. The zero-order valence-electron chi connectivity index (χ0n) is 25.8. The number of para-hydroxylation sites is 4. The highest BCUT2D eigenvalue weighted by Crippen LogP contribution is 2.63. The molecule has 2 heterocycles. The van der Waals surface area contributed by atoms with Crippen molar-refractivity contribution in [1.82, 2.24) is 0 Å². The van der Waals surface area contributed by atoms with E-state index >= 15 is 0 Å². The molecule has 0 spiro atoms. The Morgan fingerprint density at radius 1 is 0.565 bits per heavy atom. The molecule has 0 unspecified atom stereocenters. The molecular formula is C43H32N2O. The van der Waals surface area contributed by atoms with Crippen LogP contribution in [0.25, 0.3) is 21.9 Å². The van der Waals surface area contributed by atoms with E-state index in [1.54, 1.807) is 0 Å². The molecule has 3 nitrogen and oxygen atoms in total. The van der Waals surface area contributed by atoms with Crippen LogP contribution in [0.2, 0.25) is 0 Å². The average molecular weight is 593 g/mol. The number of ether oxygens (including phenoxy) is 1. The van der Waals surface area contributed by atoms with Crippen molar-refractivity contribution in [2.45, 2.75) is 19.3 Å². The van der Waals surface area contributed by atoms with Gasteiger partial charge in [-0.15, -0.1) is 0 Å². The van der Waals surface area contributed by atoms with Gasteiger partial charge < -0.3 is 14.5 Å². The van der Waals surface area contributed by atoms with Crippen LogP contribution in [-0.2, 0) is 5.41 Å². The molecule has 46 heavy (non-hydrogen) atoms. The van der Waals surface area contributed by atoms with Crippen LogP contribution in [-0.4, -0.2) is 0 Å². The third kappa shape index (κ3) is 3.92. The maximum atomic E-state index is 7.07. The molecule has 0 fully saturated rings. The van der Waals surface area contributed by atoms with Gasteiger partial charge in [-0.2, -0.15) is 0 Å². The van der Waals surface area contributed by atoms with Crippen LogP contribution in [0.15, 0.2) is 158 Å². The third-order valence-corrected chi connectivity index (χ3v) is 9.56. The summed E-state index contributed by atoms with van der Waals surface area (Å²) >= 11 is 0. The van der Waals surface area contributed by atoms with Gasteiger partial charge in [0.05, 0.1) is 22.7 Å². The number of rotatable bonds is 4. The Kier molecular flexibility index (Phi) is 5.85. The van der Waals surface area contributed by atoms with E-state index in [-0.39, 0.29) is 5.41 Å². The van der Waals surface area contributed by atoms with Gasteiger partial charge in [0, 0.05) is 16.8 Å². The average Bonchev–Trinajstić information content (AvgIpc) is 3.11. The van der Waals surface area contributed by atoms with Crippen LogP contribution in [0.4, 0.5) is 34.1 Å². The molecule has 9 rings (SSSR count). The maximum Gasteiger partial charge on any atom is 0.175 e. The molecule has 0 aromatic heterocycles. The molecule has 0 amide bonds. The van der Waals surface area contributed by atoms with E-state index in [4.69, 9.17) is 4.74 Å².